The third-order valence-corrected chi connectivity index (χ3v) is 5.18. The van der Waals surface area contributed by atoms with Crippen LogP contribution in [0.15, 0.2) is 47.1 Å². The summed E-state index contributed by atoms with van der Waals surface area (Å²) >= 11 is 7.92. The number of carbonyl (C=O) groups excluding carboxylic acids is 1. The first kappa shape index (κ1) is 19.6. The highest BCUT2D eigenvalue weighted by molar-refractivity contribution is 7.99. The van der Waals surface area contributed by atoms with Crippen LogP contribution < -0.4 is 5.32 Å². The second-order valence-electron chi connectivity index (χ2n) is 5.07. The molecule has 0 atom stereocenters. The average Bonchev–Trinajstić information content (AvgIpc) is 3.16. The summed E-state index contributed by atoms with van der Waals surface area (Å²) in [6, 6.07) is 7.43. The second-order valence-corrected chi connectivity index (χ2v) is 7.32. The summed E-state index contributed by atoms with van der Waals surface area (Å²) in [4.78, 5) is 24.1. The molecule has 1 N–H and O–H groups in total. The van der Waals surface area contributed by atoms with Gasteiger partial charge in [0.25, 0.3) is 0 Å². The number of hydrogen-bond donors (Lipinski definition) is 1. The minimum atomic E-state index is -4.62. The Bertz CT molecular complexity index is 951. The maximum atomic E-state index is 13.1. The lowest BCUT2D eigenvalue weighted by atomic mass is 10.3. The van der Waals surface area contributed by atoms with Gasteiger partial charge in [0.2, 0.25) is 5.91 Å². The van der Waals surface area contributed by atoms with Crippen LogP contribution >= 0.6 is 34.7 Å². The average molecular weight is 431 g/mol. The van der Waals surface area contributed by atoms with Gasteiger partial charge in [-0.15, -0.1) is 11.3 Å². The molecular formula is C16H10ClF3N4OS2. The Morgan fingerprint density at radius 3 is 2.74 bits per heavy atom. The first-order valence-corrected chi connectivity index (χ1v) is 9.60. The smallest absolute Gasteiger partial charge is 0.323 e. The van der Waals surface area contributed by atoms with Crippen LogP contribution in [0.3, 0.4) is 0 Å². The summed E-state index contributed by atoms with van der Waals surface area (Å²) in [5, 5.41) is 4.25. The number of hydrogen-bond acceptors (Lipinski definition) is 6. The molecule has 0 spiro atoms. The van der Waals surface area contributed by atoms with Crippen molar-refractivity contribution in [3.63, 3.8) is 0 Å². The van der Waals surface area contributed by atoms with Gasteiger partial charge in [0.05, 0.1) is 22.0 Å². The second kappa shape index (κ2) is 8.24. The summed E-state index contributed by atoms with van der Waals surface area (Å²) in [5.41, 5.74) is -0.585. The Labute approximate surface area is 165 Å². The summed E-state index contributed by atoms with van der Waals surface area (Å²) in [5.74, 6) is -0.648. The standard InChI is InChI=1S/C16H10ClF3N4OS2/c17-14-9(3-1-5-21-14)22-13(25)8-27-15-23-10(11-4-2-6-26-11)7-12(24-15)16(18,19)20/h1-7H,8H2,(H,22,25). The number of aromatic nitrogens is 3. The zero-order chi connectivity index (χ0) is 19.4. The van der Waals surface area contributed by atoms with Crippen molar-refractivity contribution in [2.24, 2.45) is 0 Å². The number of anilines is 1. The molecule has 0 saturated heterocycles. The number of amides is 1. The molecule has 0 aliphatic carbocycles. The molecule has 0 aromatic carbocycles. The lowest BCUT2D eigenvalue weighted by Crippen LogP contribution is -2.15. The zero-order valence-electron chi connectivity index (χ0n) is 13.3. The number of nitrogens with zero attached hydrogens (tertiary/aromatic N) is 3. The van der Waals surface area contributed by atoms with Crippen molar-refractivity contribution in [1.29, 1.82) is 0 Å². The number of thiophene rings is 1. The number of nitrogens with one attached hydrogen (secondary N) is 1. The Kier molecular flexibility index (Phi) is 5.98. The van der Waals surface area contributed by atoms with E-state index in [1.165, 1.54) is 17.5 Å². The lowest BCUT2D eigenvalue weighted by molar-refractivity contribution is -0.141. The molecule has 0 bridgehead atoms. The van der Waals surface area contributed by atoms with Crippen molar-refractivity contribution < 1.29 is 18.0 Å². The van der Waals surface area contributed by atoms with Crippen molar-refractivity contribution in [2.45, 2.75) is 11.3 Å². The molecule has 0 saturated carbocycles. The van der Waals surface area contributed by atoms with E-state index in [0.717, 1.165) is 17.8 Å². The number of rotatable bonds is 5. The molecule has 1 amide bonds. The van der Waals surface area contributed by atoms with Gasteiger partial charge in [-0.25, -0.2) is 15.0 Å². The summed E-state index contributed by atoms with van der Waals surface area (Å²) in [7, 11) is 0. The predicted molar refractivity (Wildman–Crippen MR) is 98.9 cm³/mol. The fraction of sp³-hybridized carbons (Fsp3) is 0.125. The van der Waals surface area contributed by atoms with E-state index in [2.05, 4.69) is 20.3 Å². The quantitative estimate of drug-likeness (QED) is 0.350. The van der Waals surface area contributed by atoms with Gasteiger partial charge in [0, 0.05) is 6.20 Å². The molecule has 3 aromatic heterocycles. The van der Waals surface area contributed by atoms with Crippen molar-refractivity contribution >= 4 is 46.3 Å². The van der Waals surface area contributed by atoms with E-state index < -0.39 is 17.8 Å². The minimum Gasteiger partial charge on any atom is -0.323 e. The number of alkyl halides is 3. The monoisotopic (exact) mass is 430 g/mol. The Morgan fingerprint density at radius 2 is 2.07 bits per heavy atom. The Morgan fingerprint density at radius 1 is 1.26 bits per heavy atom. The van der Waals surface area contributed by atoms with Crippen molar-refractivity contribution in [1.82, 2.24) is 15.0 Å². The molecule has 0 radical (unpaired) electrons. The van der Waals surface area contributed by atoms with Gasteiger partial charge in [-0.3, -0.25) is 4.79 Å². The summed E-state index contributed by atoms with van der Waals surface area (Å²) in [6.45, 7) is 0. The number of halogens is 4. The number of pyridine rings is 1. The van der Waals surface area contributed by atoms with Crippen LogP contribution in [0.4, 0.5) is 18.9 Å². The van der Waals surface area contributed by atoms with Crippen LogP contribution in [-0.2, 0) is 11.0 Å². The molecule has 11 heteroatoms. The topological polar surface area (TPSA) is 67.8 Å². The normalized spacial score (nSPS) is 11.4. The molecule has 0 unspecified atom stereocenters. The van der Waals surface area contributed by atoms with Gasteiger partial charge in [-0.1, -0.05) is 29.4 Å². The van der Waals surface area contributed by atoms with Gasteiger partial charge in [0.1, 0.15) is 5.69 Å². The zero-order valence-corrected chi connectivity index (χ0v) is 15.7. The van der Waals surface area contributed by atoms with Gasteiger partial charge < -0.3 is 5.32 Å². The lowest BCUT2D eigenvalue weighted by Gasteiger charge is -2.10. The Hall–Kier alpha value is -2.17. The fourth-order valence-electron chi connectivity index (χ4n) is 1.98. The van der Waals surface area contributed by atoms with Crippen LogP contribution in [0.25, 0.3) is 10.6 Å². The van der Waals surface area contributed by atoms with Gasteiger partial charge >= 0.3 is 6.18 Å². The molecular weight excluding hydrogens is 421 g/mol. The third kappa shape index (κ3) is 5.18. The van der Waals surface area contributed by atoms with Crippen molar-refractivity contribution in [3.8, 4) is 10.6 Å². The highest BCUT2D eigenvalue weighted by Gasteiger charge is 2.34. The number of thioether (sulfide) groups is 1. The SMILES string of the molecule is O=C(CSc1nc(-c2cccs2)cc(C(F)(F)F)n1)Nc1cccnc1Cl. The van der Waals surface area contributed by atoms with E-state index in [1.807, 2.05) is 0 Å². The molecule has 0 aliphatic heterocycles. The molecule has 140 valence electrons. The molecule has 3 heterocycles. The highest BCUT2D eigenvalue weighted by atomic mass is 35.5. The van der Waals surface area contributed by atoms with E-state index >= 15 is 0 Å². The fourth-order valence-corrected chi connectivity index (χ4v) is 3.49. The third-order valence-electron chi connectivity index (χ3n) is 3.14. The summed E-state index contributed by atoms with van der Waals surface area (Å²) < 4.78 is 39.4. The highest BCUT2D eigenvalue weighted by Crippen LogP contribution is 2.33. The van der Waals surface area contributed by atoms with Gasteiger partial charge in [-0.05, 0) is 29.6 Å². The number of carbonyl (C=O) groups is 1. The van der Waals surface area contributed by atoms with Crippen molar-refractivity contribution in [2.75, 3.05) is 11.1 Å². The van der Waals surface area contributed by atoms with E-state index in [-0.39, 0.29) is 21.8 Å². The van der Waals surface area contributed by atoms with Crippen LogP contribution in [-0.4, -0.2) is 26.6 Å². The van der Waals surface area contributed by atoms with Gasteiger partial charge in [0.15, 0.2) is 10.3 Å². The van der Waals surface area contributed by atoms with Crippen LogP contribution in [0, 0.1) is 0 Å². The molecule has 5 nitrogen and oxygen atoms in total. The van der Waals surface area contributed by atoms with Crippen LogP contribution in [0.1, 0.15) is 5.69 Å². The van der Waals surface area contributed by atoms with E-state index in [1.54, 1.807) is 29.6 Å². The van der Waals surface area contributed by atoms with E-state index in [9.17, 15) is 18.0 Å². The van der Waals surface area contributed by atoms with Gasteiger partial charge in [-0.2, -0.15) is 13.2 Å². The van der Waals surface area contributed by atoms with Crippen LogP contribution in [0.2, 0.25) is 5.15 Å². The first-order chi connectivity index (χ1) is 12.8. The van der Waals surface area contributed by atoms with Crippen molar-refractivity contribution in [3.05, 3.63) is 52.8 Å². The molecule has 3 aromatic rings. The molecule has 0 aliphatic rings. The maximum Gasteiger partial charge on any atom is 0.433 e. The van der Waals surface area contributed by atoms with Crippen LogP contribution in [0.5, 0.6) is 0 Å². The maximum absolute atomic E-state index is 13.1. The van der Waals surface area contributed by atoms with E-state index in [0.29, 0.717) is 10.6 Å². The predicted octanol–water partition coefficient (Wildman–Crippen LogP) is 5.00. The Balaban J connectivity index is 1.77. The van der Waals surface area contributed by atoms with E-state index in [4.69, 9.17) is 11.6 Å². The molecule has 3 rings (SSSR count). The molecule has 27 heavy (non-hydrogen) atoms. The minimum absolute atomic E-state index is 0.117. The largest absolute Gasteiger partial charge is 0.433 e. The first-order valence-electron chi connectivity index (χ1n) is 7.36. The molecule has 0 fully saturated rings. The summed E-state index contributed by atoms with van der Waals surface area (Å²) in [6.07, 6.45) is -3.15.